The van der Waals surface area contributed by atoms with Crippen LogP contribution < -0.4 is 10.9 Å². The molecule has 8 nitrogen and oxygen atoms in total. The maximum Gasteiger partial charge on any atom is 0.273 e. The third kappa shape index (κ3) is 4.52. The molecule has 1 aliphatic rings. The zero-order chi connectivity index (χ0) is 21.2. The molecule has 1 fully saturated rings. The number of hydrogen-bond donors (Lipinski definition) is 3. The Balaban J connectivity index is 1.71. The lowest BCUT2D eigenvalue weighted by Crippen LogP contribution is -2.51. The molecule has 0 spiro atoms. The summed E-state index contributed by atoms with van der Waals surface area (Å²) >= 11 is 5.81. The fraction of sp³-hybridized carbons (Fsp3) is 0.263. The summed E-state index contributed by atoms with van der Waals surface area (Å²) in [6, 6.07) is 9.36. The van der Waals surface area contributed by atoms with Gasteiger partial charge in [-0.2, -0.15) is 4.31 Å². The second-order valence-electron chi connectivity index (χ2n) is 6.69. The number of sulfonamides is 1. The molecule has 1 heterocycles. The van der Waals surface area contributed by atoms with Crippen molar-refractivity contribution in [2.75, 3.05) is 6.54 Å². The van der Waals surface area contributed by atoms with Crippen molar-refractivity contribution in [3.63, 3.8) is 0 Å². The minimum Gasteiger partial charge on any atom is -0.507 e. The van der Waals surface area contributed by atoms with E-state index in [0.29, 0.717) is 12.8 Å². The Morgan fingerprint density at radius 1 is 1.14 bits per heavy atom. The molecule has 0 saturated carbocycles. The summed E-state index contributed by atoms with van der Waals surface area (Å²) in [5.41, 5.74) is 5.22. The number of hydrogen-bond acceptors (Lipinski definition) is 5. The Morgan fingerprint density at radius 3 is 2.52 bits per heavy atom. The lowest BCUT2D eigenvalue weighted by atomic mass is 10.2. The van der Waals surface area contributed by atoms with Gasteiger partial charge in [-0.3, -0.25) is 20.4 Å². The summed E-state index contributed by atoms with van der Waals surface area (Å²) in [5.74, 6) is -1.73. The van der Waals surface area contributed by atoms with Gasteiger partial charge in [0.2, 0.25) is 10.0 Å². The van der Waals surface area contributed by atoms with E-state index >= 15 is 0 Å². The fourth-order valence-electron chi connectivity index (χ4n) is 3.09. The van der Waals surface area contributed by atoms with Crippen molar-refractivity contribution in [1.29, 1.82) is 0 Å². The first-order valence-electron chi connectivity index (χ1n) is 8.87. The van der Waals surface area contributed by atoms with Crippen molar-refractivity contribution >= 4 is 33.4 Å². The topological polar surface area (TPSA) is 116 Å². The van der Waals surface area contributed by atoms with E-state index in [1.807, 2.05) is 6.92 Å². The highest BCUT2D eigenvalue weighted by atomic mass is 35.5. The number of aryl methyl sites for hydroxylation is 1. The summed E-state index contributed by atoms with van der Waals surface area (Å²) in [6.45, 7) is 2.06. The number of amides is 2. The highest BCUT2D eigenvalue weighted by Crippen LogP contribution is 2.26. The lowest BCUT2D eigenvalue weighted by Gasteiger charge is -2.23. The highest BCUT2D eigenvalue weighted by molar-refractivity contribution is 7.89. The molecular formula is C19H20ClN3O5S. The molecule has 2 amide bonds. The molecule has 154 valence electrons. The smallest absolute Gasteiger partial charge is 0.273 e. The standard InChI is InChI=1S/C19H20ClN3O5S/c1-12-4-7-14(8-5-12)29(27,28)23-10-2-3-16(23)19(26)22-21-18(25)15-11-13(20)6-9-17(15)24/h4-9,11,16,24H,2-3,10H2,1H3,(H,21,25)(H,22,26)/t16-/m0/s1. The number of halogens is 1. The van der Waals surface area contributed by atoms with Crippen LogP contribution in [-0.2, 0) is 14.8 Å². The summed E-state index contributed by atoms with van der Waals surface area (Å²) < 4.78 is 27.0. The van der Waals surface area contributed by atoms with Crippen LogP contribution in [0, 0.1) is 6.92 Å². The number of carbonyl (C=O) groups is 2. The molecule has 3 N–H and O–H groups in total. The van der Waals surface area contributed by atoms with Crippen molar-refractivity contribution in [1.82, 2.24) is 15.2 Å². The quantitative estimate of drug-likeness (QED) is 0.632. The number of hydrazine groups is 1. The predicted octanol–water partition coefficient (Wildman–Crippen LogP) is 1.97. The molecule has 0 unspecified atom stereocenters. The Bertz CT molecular complexity index is 1040. The highest BCUT2D eigenvalue weighted by Gasteiger charge is 2.39. The van der Waals surface area contributed by atoms with Gasteiger partial charge in [-0.25, -0.2) is 8.42 Å². The summed E-state index contributed by atoms with van der Waals surface area (Å²) in [6.07, 6.45) is 0.849. The van der Waals surface area contributed by atoms with Gasteiger partial charge in [-0.05, 0) is 50.1 Å². The predicted molar refractivity (Wildman–Crippen MR) is 107 cm³/mol. The van der Waals surface area contributed by atoms with Gasteiger partial charge < -0.3 is 5.11 Å². The average molecular weight is 438 g/mol. The SMILES string of the molecule is Cc1ccc(S(=O)(=O)N2CCC[C@H]2C(=O)NNC(=O)c2cc(Cl)ccc2O)cc1. The van der Waals surface area contributed by atoms with Gasteiger partial charge in [-0.15, -0.1) is 0 Å². The Labute approximate surface area is 173 Å². The third-order valence-corrected chi connectivity index (χ3v) is 6.79. The lowest BCUT2D eigenvalue weighted by molar-refractivity contribution is -0.125. The van der Waals surface area contributed by atoms with Crippen LogP contribution in [0.3, 0.4) is 0 Å². The zero-order valence-electron chi connectivity index (χ0n) is 15.6. The maximum absolute atomic E-state index is 12.9. The molecule has 2 aromatic rings. The minimum atomic E-state index is -3.85. The molecule has 1 aliphatic heterocycles. The van der Waals surface area contributed by atoms with Crippen LogP contribution in [0.25, 0.3) is 0 Å². The van der Waals surface area contributed by atoms with Crippen molar-refractivity contribution in [2.45, 2.75) is 30.7 Å². The molecule has 29 heavy (non-hydrogen) atoms. The normalized spacial score (nSPS) is 17.1. The number of aromatic hydroxyl groups is 1. The van der Waals surface area contributed by atoms with Gasteiger partial charge in [0.05, 0.1) is 10.5 Å². The Morgan fingerprint density at radius 2 is 1.83 bits per heavy atom. The first-order valence-corrected chi connectivity index (χ1v) is 10.7. The van der Waals surface area contributed by atoms with Crippen LogP contribution in [0.2, 0.25) is 5.02 Å². The number of benzene rings is 2. The van der Waals surface area contributed by atoms with E-state index < -0.39 is 27.9 Å². The first-order chi connectivity index (χ1) is 13.7. The van der Waals surface area contributed by atoms with Crippen LogP contribution in [0.5, 0.6) is 5.75 Å². The number of nitrogens with zero attached hydrogens (tertiary/aromatic N) is 1. The fourth-order valence-corrected chi connectivity index (χ4v) is 4.92. The molecule has 0 aliphatic carbocycles. The Kier molecular flexibility index (Phi) is 6.11. The molecule has 3 rings (SSSR count). The van der Waals surface area contributed by atoms with Gasteiger partial charge >= 0.3 is 0 Å². The van der Waals surface area contributed by atoms with Crippen molar-refractivity contribution in [2.24, 2.45) is 0 Å². The third-order valence-electron chi connectivity index (χ3n) is 4.64. The summed E-state index contributed by atoms with van der Waals surface area (Å²) in [4.78, 5) is 24.9. The van der Waals surface area contributed by atoms with Crippen LogP contribution in [0.4, 0.5) is 0 Å². The van der Waals surface area contributed by atoms with E-state index in [0.717, 1.165) is 9.87 Å². The van der Waals surface area contributed by atoms with E-state index in [4.69, 9.17) is 11.6 Å². The molecule has 10 heteroatoms. The van der Waals surface area contributed by atoms with Crippen LogP contribution in [-0.4, -0.2) is 42.2 Å². The second kappa shape index (κ2) is 8.40. The summed E-state index contributed by atoms with van der Waals surface area (Å²) in [7, 11) is -3.85. The number of nitrogens with one attached hydrogen (secondary N) is 2. The molecular weight excluding hydrogens is 418 g/mol. The number of carbonyl (C=O) groups excluding carboxylic acids is 2. The zero-order valence-corrected chi connectivity index (χ0v) is 17.1. The summed E-state index contributed by atoms with van der Waals surface area (Å²) in [5, 5.41) is 10.00. The molecule has 0 radical (unpaired) electrons. The first kappa shape index (κ1) is 21.1. The molecule has 1 atom stereocenters. The van der Waals surface area contributed by atoms with E-state index in [2.05, 4.69) is 10.9 Å². The second-order valence-corrected chi connectivity index (χ2v) is 9.02. The minimum absolute atomic E-state index is 0.107. The van der Waals surface area contributed by atoms with Crippen LogP contribution in [0.1, 0.15) is 28.8 Å². The van der Waals surface area contributed by atoms with E-state index in [1.54, 1.807) is 12.1 Å². The average Bonchev–Trinajstić information content (AvgIpc) is 3.19. The molecule has 0 aromatic heterocycles. The van der Waals surface area contributed by atoms with Crippen LogP contribution >= 0.6 is 11.6 Å². The molecule has 2 aromatic carbocycles. The maximum atomic E-state index is 12.9. The largest absolute Gasteiger partial charge is 0.507 e. The van der Waals surface area contributed by atoms with Gasteiger partial charge in [-0.1, -0.05) is 29.3 Å². The molecule has 1 saturated heterocycles. The number of phenolic OH excluding ortho intramolecular Hbond substituents is 1. The van der Waals surface area contributed by atoms with Crippen molar-refractivity contribution in [3.05, 3.63) is 58.6 Å². The van der Waals surface area contributed by atoms with Gasteiger partial charge in [0.1, 0.15) is 11.8 Å². The Hall–Kier alpha value is -2.62. The monoisotopic (exact) mass is 437 g/mol. The van der Waals surface area contributed by atoms with Crippen molar-refractivity contribution < 1.29 is 23.1 Å². The van der Waals surface area contributed by atoms with E-state index in [9.17, 15) is 23.1 Å². The van der Waals surface area contributed by atoms with Gasteiger partial charge in [0.25, 0.3) is 11.8 Å². The van der Waals surface area contributed by atoms with Gasteiger partial charge in [0.15, 0.2) is 0 Å². The number of rotatable bonds is 4. The van der Waals surface area contributed by atoms with E-state index in [-0.39, 0.29) is 27.8 Å². The molecule has 0 bridgehead atoms. The van der Waals surface area contributed by atoms with Gasteiger partial charge in [0, 0.05) is 11.6 Å². The van der Waals surface area contributed by atoms with Crippen molar-refractivity contribution in [3.8, 4) is 5.75 Å². The van der Waals surface area contributed by atoms with E-state index in [1.165, 1.54) is 30.3 Å². The van der Waals surface area contributed by atoms with Crippen LogP contribution in [0.15, 0.2) is 47.4 Å². The number of phenols is 1.